The van der Waals surface area contributed by atoms with E-state index in [-0.39, 0.29) is 11.6 Å². The van der Waals surface area contributed by atoms with Crippen LogP contribution in [0, 0.1) is 5.92 Å². The van der Waals surface area contributed by atoms with Gasteiger partial charge in [-0.25, -0.2) is 9.97 Å². The van der Waals surface area contributed by atoms with Crippen LogP contribution in [-0.4, -0.2) is 34.1 Å². The largest absolute Gasteiger partial charge is 0.481 e. The Morgan fingerprint density at radius 1 is 1.12 bits per heavy atom. The lowest BCUT2D eigenvalue weighted by atomic mass is 9.97. The number of benzene rings is 1. The minimum absolute atomic E-state index is 0.0162. The maximum Gasteiger partial charge on any atom is 0.433 e. The Morgan fingerprint density at radius 2 is 1.76 bits per heavy atom. The van der Waals surface area contributed by atoms with E-state index in [0.29, 0.717) is 31.5 Å². The summed E-state index contributed by atoms with van der Waals surface area (Å²) in [6, 6.07) is 9.52. The van der Waals surface area contributed by atoms with Gasteiger partial charge in [0.25, 0.3) is 0 Å². The summed E-state index contributed by atoms with van der Waals surface area (Å²) in [5.41, 5.74) is -0.243. The van der Waals surface area contributed by atoms with Gasteiger partial charge in [0.2, 0.25) is 5.95 Å². The van der Waals surface area contributed by atoms with Crippen LogP contribution in [0.5, 0.6) is 0 Å². The standard InChI is InChI=1S/C17H16F3N3O2/c18-17(19,20)14-10-13(11-4-2-1-3-5-11)21-16(22-14)23-8-6-12(7-9-23)15(24)25/h1-5,10,12H,6-9H2,(H,24,25). The zero-order chi connectivity index (χ0) is 18.0. The molecule has 0 aliphatic carbocycles. The first-order valence-corrected chi connectivity index (χ1v) is 7.84. The minimum atomic E-state index is -4.58. The predicted molar refractivity (Wildman–Crippen MR) is 85.0 cm³/mol. The summed E-state index contributed by atoms with van der Waals surface area (Å²) in [4.78, 5) is 20.6. The molecule has 1 N–H and O–H groups in total. The van der Waals surface area contributed by atoms with Crippen LogP contribution in [0.25, 0.3) is 11.3 Å². The SMILES string of the molecule is O=C(O)C1CCN(c2nc(-c3ccccc3)cc(C(F)(F)F)n2)CC1. The molecule has 0 bridgehead atoms. The zero-order valence-electron chi connectivity index (χ0n) is 13.2. The molecular formula is C17H16F3N3O2. The van der Waals surface area contributed by atoms with Gasteiger partial charge in [0.1, 0.15) is 0 Å². The maximum atomic E-state index is 13.2. The molecule has 1 aliphatic heterocycles. The van der Waals surface area contributed by atoms with Gasteiger partial charge in [-0.2, -0.15) is 13.2 Å². The van der Waals surface area contributed by atoms with Crippen LogP contribution >= 0.6 is 0 Å². The average Bonchev–Trinajstić information content (AvgIpc) is 2.61. The zero-order valence-corrected chi connectivity index (χ0v) is 13.2. The third kappa shape index (κ3) is 3.89. The molecule has 0 radical (unpaired) electrons. The number of aliphatic carboxylic acids is 1. The van der Waals surface area contributed by atoms with Crippen LogP contribution in [-0.2, 0) is 11.0 Å². The molecule has 1 aliphatic rings. The fraction of sp³-hybridized carbons (Fsp3) is 0.353. The number of hydrogen-bond acceptors (Lipinski definition) is 4. The average molecular weight is 351 g/mol. The van der Waals surface area contributed by atoms with E-state index in [4.69, 9.17) is 5.11 Å². The van der Waals surface area contributed by atoms with Gasteiger partial charge in [-0.05, 0) is 18.9 Å². The molecule has 1 aromatic heterocycles. The summed E-state index contributed by atoms with van der Waals surface area (Å²) in [6.07, 6.45) is -3.87. The van der Waals surface area contributed by atoms with Crippen LogP contribution in [0.4, 0.5) is 19.1 Å². The van der Waals surface area contributed by atoms with E-state index in [9.17, 15) is 18.0 Å². The number of carboxylic acid groups (broad SMARTS) is 1. The third-order valence-corrected chi connectivity index (χ3v) is 4.20. The highest BCUT2D eigenvalue weighted by atomic mass is 19.4. The number of anilines is 1. The first kappa shape index (κ1) is 17.2. The Hall–Kier alpha value is -2.64. The van der Waals surface area contributed by atoms with E-state index in [1.165, 1.54) is 0 Å². The van der Waals surface area contributed by atoms with Crippen LogP contribution in [0.2, 0.25) is 0 Å². The molecule has 25 heavy (non-hydrogen) atoms. The number of rotatable bonds is 3. The lowest BCUT2D eigenvalue weighted by Crippen LogP contribution is -2.37. The maximum absolute atomic E-state index is 13.2. The molecule has 2 aromatic rings. The predicted octanol–water partition coefficient (Wildman–Crippen LogP) is 3.46. The van der Waals surface area contributed by atoms with Crippen LogP contribution in [0.15, 0.2) is 36.4 Å². The van der Waals surface area contributed by atoms with Crippen molar-refractivity contribution in [3.05, 3.63) is 42.1 Å². The smallest absolute Gasteiger partial charge is 0.433 e. The molecule has 132 valence electrons. The highest BCUT2D eigenvalue weighted by molar-refractivity contribution is 5.70. The number of hydrogen-bond donors (Lipinski definition) is 1. The van der Waals surface area contributed by atoms with Crippen molar-refractivity contribution in [1.82, 2.24) is 9.97 Å². The number of alkyl halides is 3. The van der Waals surface area contributed by atoms with Gasteiger partial charge in [0.15, 0.2) is 5.69 Å². The molecule has 2 heterocycles. The van der Waals surface area contributed by atoms with Gasteiger partial charge < -0.3 is 10.0 Å². The van der Waals surface area contributed by atoms with Crippen molar-refractivity contribution >= 4 is 11.9 Å². The number of aromatic nitrogens is 2. The summed E-state index contributed by atoms with van der Waals surface area (Å²) in [6.45, 7) is 0.624. The Bertz CT molecular complexity index is 757. The van der Waals surface area contributed by atoms with Crippen molar-refractivity contribution in [2.45, 2.75) is 19.0 Å². The molecule has 3 rings (SSSR count). The van der Waals surface area contributed by atoms with Gasteiger partial charge in [-0.1, -0.05) is 30.3 Å². The van der Waals surface area contributed by atoms with E-state index < -0.39 is 23.8 Å². The van der Waals surface area contributed by atoms with Gasteiger partial charge in [-0.15, -0.1) is 0 Å². The molecule has 8 heteroatoms. The summed E-state index contributed by atoms with van der Waals surface area (Å²) in [5, 5.41) is 9.04. The molecule has 0 spiro atoms. The van der Waals surface area contributed by atoms with Crippen molar-refractivity contribution in [2.75, 3.05) is 18.0 Å². The Balaban J connectivity index is 1.95. The van der Waals surface area contributed by atoms with Crippen molar-refractivity contribution in [3.63, 3.8) is 0 Å². The van der Waals surface area contributed by atoms with E-state index in [2.05, 4.69) is 9.97 Å². The van der Waals surface area contributed by atoms with E-state index in [1.54, 1.807) is 35.2 Å². The Kier molecular flexibility index (Phi) is 4.61. The molecule has 1 aromatic carbocycles. The number of carbonyl (C=O) groups is 1. The second-order valence-electron chi connectivity index (χ2n) is 5.90. The van der Waals surface area contributed by atoms with Crippen LogP contribution in [0.1, 0.15) is 18.5 Å². The van der Waals surface area contributed by atoms with Gasteiger partial charge >= 0.3 is 12.1 Å². The normalized spacial score (nSPS) is 16.0. The van der Waals surface area contributed by atoms with Gasteiger partial charge in [0, 0.05) is 18.7 Å². The van der Waals surface area contributed by atoms with Crippen molar-refractivity contribution in [1.29, 1.82) is 0 Å². The van der Waals surface area contributed by atoms with Crippen LogP contribution < -0.4 is 4.90 Å². The van der Waals surface area contributed by atoms with E-state index >= 15 is 0 Å². The monoisotopic (exact) mass is 351 g/mol. The number of piperidine rings is 1. The first-order chi connectivity index (χ1) is 11.8. The van der Waals surface area contributed by atoms with Crippen molar-refractivity contribution in [3.8, 4) is 11.3 Å². The van der Waals surface area contributed by atoms with E-state index in [1.807, 2.05) is 0 Å². The lowest BCUT2D eigenvalue weighted by Gasteiger charge is -2.30. The molecule has 1 fully saturated rings. The number of carboxylic acids is 1. The van der Waals surface area contributed by atoms with E-state index in [0.717, 1.165) is 6.07 Å². The first-order valence-electron chi connectivity index (χ1n) is 7.84. The number of halogens is 3. The fourth-order valence-electron chi connectivity index (χ4n) is 2.80. The summed E-state index contributed by atoms with van der Waals surface area (Å²) in [7, 11) is 0. The van der Waals surface area contributed by atoms with Crippen molar-refractivity contribution < 1.29 is 23.1 Å². The molecule has 0 amide bonds. The molecule has 0 atom stereocenters. The molecule has 0 unspecified atom stereocenters. The number of nitrogens with zero attached hydrogens (tertiary/aromatic N) is 3. The minimum Gasteiger partial charge on any atom is -0.481 e. The fourth-order valence-corrected chi connectivity index (χ4v) is 2.80. The Morgan fingerprint density at radius 3 is 2.32 bits per heavy atom. The summed E-state index contributed by atoms with van der Waals surface area (Å²) >= 11 is 0. The topological polar surface area (TPSA) is 66.3 Å². The van der Waals surface area contributed by atoms with Gasteiger partial charge in [0.05, 0.1) is 11.6 Å². The molecular weight excluding hydrogens is 335 g/mol. The second kappa shape index (κ2) is 6.70. The summed E-state index contributed by atoms with van der Waals surface area (Å²) in [5.74, 6) is -1.37. The summed E-state index contributed by atoms with van der Waals surface area (Å²) < 4.78 is 39.6. The van der Waals surface area contributed by atoms with Crippen molar-refractivity contribution in [2.24, 2.45) is 5.92 Å². The van der Waals surface area contributed by atoms with Crippen LogP contribution in [0.3, 0.4) is 0 Å². The second-order valence-corrected chi connectivity index (χ2v) is 5.90. The molecule has 0 saturated carbocycles. The quantitative estimate of drug-likeness (QED) is 0.917. The molecule has 1 saturated heterocycles. The highest BCUT2D eigenvalue weighted by Gasteiger charge is 2.35. The lowest BCUT2D eigenvalue weighted by molar-refractivity contribution is -0.142. The molecule has 5 nitrogen and oxygen atoms in total. The van der Waals surface area contributed by atoms with Gasteiger partial charge in [-0.3, -0.25) is 4.79 Å². The highest BCUT2D eigenvalue weighted by Crippen LogP contribution is 2.32. The Labute approximate surface area is 142 Å². The third-order valence-electron chi connectivity index (χ3n) is 4.20.